The molecule has 17 aromatic carbocycles. The van der Waals surface area contributed by atoms with E-state index in [0.717, 1.165) is 177 Å². The molecular weight excluding hydrogens is 1540 g/mol. The minimum atomic E-state index is 0.517. The predicted octanol–water partition coefficient (Wildman–Crippen LogP) is 28.5. The molecule has 0 saturated heterocycles. The number of para-hydroxylation sites is 2. The van der Waals surface area contributed by atoms with Gasteiger partial charge in [-0.05, 0) is 183 Å². The number of pyridine rings is 1. The molecule has 7 heterocycles. The smallest absolute Gasteiger partial charge is 0.247 e. The summed E-state index contributed by atoms with van der Waals surface area (Å²) in [4.78, 5) is 53.5. The van der Waals surface area contributed by atoms with E-state index in [-0.39, 0.29) is 0 Å². The van der Waals surface area contributed by atoms with E-state index in [4.69, 9.17) is 58.7 Å². The number of benzene rings is 17. The standard InChI is InChI=1S/C57H35N5O.C56H34N6O/c1-3-11-36(12-4-1)37-21-25-40(26-22-37)55-60-54(39-13-5-2-6-14-39)61-56(62-55)41-27-23-38(24-28-41)42-15-9-16-43(33-42)44-17-10-18-45(34-44)46-29-31-48-47(35-46)30-32-51-52(48)53-57(63-51)59-50-20-8-7-19-49(50)58-53;1-3-10-35(11-4-1)36-19-23-39(24-20-36)53-60-52(38-12-5-2-6-13-38)61-54(62-53)40-25-21-37(22-26-40)41-14-7-15-42(32-41)43-16-8-17-44(33-43)45-27-29-47-46(34-45)28-30-49-50(47)51-56(63-49)58-48-18-9-31-57-55(48)59-51/h1-35H;1-34H. The van der Waals surface area contributed by atoms with Crippen LogP contribution in [0.5, 0.6) is 0 Å². The molecule has 24 rings (SSSR count). The molecule has 0 amide bonds. The largest absolute Gasteiger partial charge is 0.436 e. The fraction of sp³-hybridized carbons (Fsp3) is 0. The first-order chi connectivity index (χ1) is 62.3. The lowest BCUT2D eigenvalue weighted by atomic mass is 9.95. The number of furan rings is 2. The van der Waals surface area contributed by atoms with E-state index in [1.165, 1.54) is 11.1 Å². The minimum absolute atomic E-state index is 0.517. The van der Waals surface area contributed by atoms with E-state index in [1.54, 1.807) is 6.20 Å². The highest BCUT2D eigenvalue weighted by atomic mass is 16.3. The Morgan fingerprint density at radius 3 is 0.786 bits per heavy atom. The Bertz CT molecular complexity index is 7810. The second kappa shape index (κ2) is 31.7. The fourth-order valence-corrected chi connectivity index (χ4v) is 16.9. The Morgan fingerprint density at radius 2 is 0.421 bits per heavy atom. The third-order valence-electron chi connectivity index (χ3n) is 23.4. The number of aromatic nitrogens is 11. The molecule has 0 radical (unpaired) electrons. The molecule has 13 nitrogen and oxygen atoms in total. The Balaban J connectivity index is 0.000000145. The lowest BCUT2D eigenvalue weighted by Gasteiger charge is -2.11. The number of hydrogen-bond donors (Lipinski definition) is 0. The Kier molecular flexibility index (Phi) is 18.6. The Hall–Kier alpha value is -17.3. The van der Waals surface area contributed by atoms with Crippen LogP contribution < -0.4 is 0 Å². The second-order valence-corrected chi connectivity index (χ2v) is 31.3. The summed E-state index contributed by atoms with van der Waals surface area (Å²) in [6, 6.07) is 143. The van der Waals surface area contributed by atoms with E-state index in [9.17, 15) is 0 Å². The Morgan fingerprint density at radius 1 is 0.167 bits per heavy atom. The van der Waals surface area contributed by atoms with E-state index in [0.29, 0.717) is 57.5 Å². The van der Waals surface area contributed by atoms with Crippen molar-refractivity contribution in [1.29, 1.82) is 0 Å². The van der Waals surface area contributed by atoms with Crippen LogP contribution in [0.3, 0.4) is 0 Å². The molecule has 0 aliphatic rings. The van der Waals surface area contributed by atoms with Crippen LogP contribution in [0.25, 0.3) is 245 Å². The second-order valence-electron chi connectivity index (χ2n) is 31.3. The number of fused-ring (bicyclic) bond motifs is 12. The lowest BCUT2D eigenvalue weighted by molar-refractivity contribution is 0.655. The SMILES string of the molecule is c1ccc(-c2ccc(-c3nc(-c4ccccc4)nc(-c4ccc(-c5cccc(-c6cccc(-c7ccc8c(ccc9oc%10nc%11ccccc%11nc%10c98)c7)c6)c5)cc4)n3)cc2)cc1.c1ccc(-c2ccc(-c3nc(-c4ccccc4)nc(-c4ccc(-c5cccc(-c6cccc(-c7ccc8c(ccc9oc%10nc%11cccnc%11nc%10c98)c7)c6)c5)cc4)n3)cc2)cc1. The van der Waals surface area contributed by atoms with Crippen molar-refractivity contribution in [1.82, 2.24) is 54.8 Å². The molecule has 0 saturated carbocycles. The highest BCUT2D eigenvalue weighted by Gasteiger charge is 2.21. The van der Waals surface area contributed by atoms with E-state index in [1.807, 2.05) is 121 Å². The maximum Gasteiger partial charge on any atom is 0.247 e. The number of nitrogens with zero attached hydrogens (tertiary/aromatic N) is 11. The van der Waals surface area contributed by atoms with Crippen LogP contribution in [-0.4, -0.2) is 54.8 Å². The van der Waals surface area contributed by atoms with E-state index in [2.05, 4.69) is 296 Å². The van der Waals surface area contributed by atoms with Crippen LogP contribution in [0, 0.1) is 0 Å². The molecule has 13 heteroatoms. The van der Waals surface area contributed by atoms with Crippen molar-refractivity contribution in [3.05, 3.63) is 419 Å². The molecule has 0 atom stereocenters. The summed E-state index contributed by atoms with van der Waals surface area (Å²) in [5.74, 6) is 3.79. The third kappa shape index (κ3) is 14.3. The van der Waals surface area contributed by atoms with Crippen LogP contribution in [0.4, 0.5) is 0 Å². The summed E-state index contributed by atoms with van der Waals surface area (Å²) in [6.45, 7) is 0. The summed E-state index contributed by atoms with van der Waals surface area (Å²) in [7, 11) is 0. The molecule has 7 aromatic heterocycles. The highest BCUT2D eigenvalue weighted by molar-refractivity contribution is 6.19. The van der Waals surface area contributed by atoms with Crippen LogP contribution in [0.2, 0.25) is 0 Å². The van der Waals surface area contributed by atoms with Gasteiger partial charge in [-0.25, -0.2) is 54.8 Å². The maximum absolute atomic E-state index is 6.19. The number of hydrogen-bond acceptors (Lipinski definition) is 13. The van der Waals surface area contributed by atoms with Gasteiger partial charge in [-0.1, -0.05) is 340 Å². The minimum Gasteiger partial charge on any atom is -0.436 e. The summed E-state index contributed by atoms with van der Waals surface area (Å²) >= 11 is 0. The van der Waals surface area contributed by atoms with Gasteiger partial charge in [0, 0.05) is 39.6 Å². The lowest BCUT2D eigenvalue weighted by Crippen LogP contribution is -2.00. The van der Waals surface area contributed by atoms with Gasteiger partial charge in [-0.2, -0.15) is 0 Å². The average molecular weight is 1610 g/mol. The van der Waals surface area contributed by atoms with Gasteiger partial charge in [0.15, 0.2) is 40.6 Å². The van der Waals surface area contributed by atoms with Crippen LogP contribution in [0.15, 0.2) is 428 Å². The molecule has 0 aliphatic heterocycles. The third-order valence-corrected chi connectivity index (χ3v) is 23.4. The van der Waals surface area contributed by atoms with Crippen molar-refractivity contribution in [2.75, 3.05) is 0 Å². The molecule has 0 fully saturated rings. The summed E-state index contributed by atoms with van der Waals surface area (Å²) in [5.41, 5.74) is 30.9. The monoisotopic (exact) mass is 1610 g/mol. The first-order valence-electron chi connectivity index (χ1n) is 41.8. The van der Waals surface area contributed by atoms with Crippen molar-refractivity contribution in [2.24, 2.45) is 0 Å². The topological polar surface area (TPSA) is 168 Å². The molecule has 24 aromatic rings. The highest BCUT2D eigenvalue weighted by Crippen LogP contribution is 2.42. The van der Waals surface area contributed by atoms with E-state index >= 15 is 0 Å². The summed E-state index contributed by atoms with van der Waals surface area (Å²) in [5, 5.41) is 6.32. The van der Waals surface area contributed by atoms with Crippen molar-refractivity contribution in [2.45, 2.75) is 0 Å². The number of rotatable bonds is 14. The van der Waals surface area contributed by atoms with Crippen LogP contribution >= 0.6 is 0 Å². The molecule has 0 bridgehead atoms. The zero-order chi connectivity index (χ0) is 83.4. The molecule has 0 N–H and O–H groups in total. The van der Waals surface area contributed by atoms with Gasteiger partial charge >= 0.3 is 0 Å². The first kappa shape index (κ1) is 73.8. The molecular formula is C113H69N11O2. The maximum atomic E-state index is 6.19. The van der Waals surface area contributed by atoms with Gasteiger partial charge in [0.05, 0.1) is 21.8 Å². The normalized spacial score (nSPS) is 11.5. The van der Waals surface area contributed by atoms with Gasteiger partial charge in [-0.15, -0.1) is 0 Å². The van der Waals surface area contributed by atoms with Crippen molar-refractivity contribution < 1.29 is 8.83 Å². The van der Waals surface area contributed by atoms with Gasteiger partial charge in [0.1, 0.15) is 27.7 Å². The molecule has 0 spiro atoms. The predicted molar refractivity (Wildman–Crippen MR) is 509 cm³/mol. The zero-order valence-corrected chi connectivity index (χ0v) is 67.6. The van der Waals surface area contributed by atoms with Crippen molar-refractivity contribution in [3.8, 4) is 157 Å². The van der Waals surface area contributed by atoms with Crippen molar-refractivity contribution in [3.63, 3.8) is 0 Å². The molecule has 0 aliphatic carbocycles. The summed E-state index contributed by atoms with van der Waals surface area (Å²) in [6.07, 6.45) is 1.74. The van der Waals surface area contributed by atoms with E-state index < -0.39 is 0 Å². The van der Waals surface area contributed by atoms with Gasteiger partial charge in [-0.3, -0.25) is 0 Å². The zero-order valence-electron chi connectivity index (χ0n) is 67.6. The van der Waals surface area contributed by atoms with Crippen molar-refractivity contribution >= 4 is 88.1 Å². The van der Waals surface area contributed by atoms with Crippen LogP contribution in [-0.2, 0) is 0 Å². The summed E-state index contributed by atoms with van der Waals surface area (Å²) < 4.78 is 12.3. The Labute approximate surface area is 723 Å². The molecule has 0 unspecified atom stereocenters. The average Bonchev–Trinajstić information content (AvgIpc) is 1.59. The van der Waals surface area contributed by atoms with Crippen LogP contribution in [0.1, 0.15) is 0 Å². The van der Waals surface area contributed by atoms with Gasteiger partial charge < -0.3 is 8.83 Å². The molecule has 588 valence electrons. The van der Waals surface area contributed by atoms with Gasteiger partial charge in [0.2, 0.25) is 11.4 Å². The fourth-order valence-electron chi connectivity index (χ4n) is 16.9. The molecule has 126 heavy (non-hydrogen) atoms. The quantitative estimate of drug-likeness (QED) is 0.101. The first-order valence-corrected chi connectivity index (χ1v) is 41.8. The van der Waals surface area contributed by atoms with Gasteiger partial charge in [0.25, 0.3) is 0 Å².